The average molecular weight is 473 g/mol. The fourth-order valence-electron chi connectivity index (χ4n) is 8.77. The molecule has 0 spiro atoms. The van der Waals surface area contributed by atoms with Gasteiger partial charge in [0, 0.05) is 12.3 Å². The maximum atomic E-state index is 12.5. The first kappa shape index (κ1) is 25.6. The van der Waals surface area contributed by atoms with E-state index >= 15 is 0 Å². The van der Waals surface area contributed by atoms with Gasteiger partial charge in [0.05, 0.1) is 18.1 Å². The van der Waals surface area contributed by atoms with Gasteiger partial charge in [-0.2, -0.15) is 0 Å². The summed E-state index contributed by atoms with van der Waals surface area (Å²) in [5.41, 5.74) is 2.64. The largest absolute Gasteiger partial charge is 0.481 e. The molecule has 0 radical (unpaired) electrons. The van der Waals surface area contributed by atoms with Crippen molar-refractivity contribution in [3.63, 3.8) is 0 Å². The lowest BCUT2D eigenvalue weighted by atomic mass is 9.48. The number of hydrogen-bond acceptors (Lipinski definition) is 4. The quantitative estimate of drug-likeness (QED) is 0.464. The molecule has 4 rings (SSSR count). The van der Waals surface area contributed by atoms with E-state index in [1.54, 1.807) is 6.92 Å². The van der Waals surface area contributed by atoms with Crippen LogP contribution in [0.1, 0.15) is 86.0 Å². The summed E-state index contributed by atoms with van der Waals surface area (Å²) in [6.45, 7) is 14.5. The molecule has 0 saturated heterocycles. The van der Waals surface area contributed by atoms with Gasteiger partial charge in [-0.05, 0) is 97.5 Å². The molecule has 4 aliphatic carbocycles. The maximum absolute atomic E-state index is 12.5. The van der Waals surface area contributed by atoms with Crippen LogP contribution in [-0.2, 0) is 9.59 Å². The minimum Gasteiger partial charge on any atom is -0.481 e. The second kappa shape index (κ2) is 8.89. The van der Waals surface area contributed by atoms with Crippen LogP contribution in [0, 0.1) is 46.3 Å². The lowest BCUT2D eigenvalue weighted by Gasteiger charge is -2.58. The second-order valence-electron chi connectivity index (χ2n) is 12.6. The van der Waals surface area contributed by atoms with Gasteiger partial charge < -0.3 is 15.3 Å². The topological polar surface area (TPSA) is 94.8 Å². The van der Waals surface area contributed by atoms with Gasteiger partial charge in [0.15, 0.2) is 0 Å². The number of aliphatic carboxylic acids is 1. The van der Waals surface area contributed by atoms with Crippen LogP contribution in [0.2, 0.25) is 0 Å². The van der Waals surface area contributed by atoms with E-state index in [1.165, 1.54) is 0 Å². The van der Waals surface area contributed by atoms with Gasteiger partial charge in [0.2, 0.25) is 0 Å². The van der Waals surface area contributed by atoms with Crippen molar-refractivity contribution >= 4 is 11.8 Å². The normalized spacial score (nSPS) is 43.6. The number of carboxylic acids is 1. The minimum atomic E-state index is -0.822. The predicted octanol–water partition coefficient (Wildman–Crippen LogP) is 5.16. The number of aliphatic hydroxyl groups excluding tert-OH is 2. The Labute approximate surface area is 204 Å². The van der Waals surface area contributed by atoms with E-state index in [4.69, 9.17) is 0 Å². The number of ketones is 1. The molecule has 0 amide bonds. The molecule has 0 aromatic carbocycles. The Morgan fingerprint density at radius 3 is 2.50 bits per heavy atom. The van der Waals surface area contributed by atoms with Gasteiger partial charge in [0.25, 0.3) is 0 Å². The monoisotopic (exact) mass is 472 g/mol. The average Bonchev–Trinajstić information content (AvgIpc) is 3.11. The van der Waals surface area contributed by atoms with Crippen molar-refractivity contribution in [2.75, 3.05) is 0 Å². The SMILES string of the molecule is C=C(CC[C@@H](C)[C@H]1CCC2C3=C(C(O)C[C@@]21C)[C@@]1(C)CCC(=O)[C@@H](C)C1C[C@@H]3O)[C@@H](C)C(=O)O. The molecule has 10 atom stereocenters. The molecule has 5 heteroatoms. The minimum absolute atomic E-state index is 0.0689. The zero-order chi connectivity index (χ0) is 25.2. The Balaban J connectivity index is 1.60. The summed E-state index contributed by atoms with van der Waals surface area (Å²) in [5.74, 6) is 0.0386. The lowest BCUT2D eigenvalue weighted by molar-refractivity contribution is -0.140. The van der Waals surface area contributed by atoms with Crippen molar-refractivity contribution in [3.8, 4) is 0 Å². The Morgan fingerprint density at radius 2 is 1.85 bits per heavy atom. The summed E-state index contributed by atoms with van der Waals surface area (Å²) in [6, 6.07) is 0. The third-order valence-corrected chi connectivity index (χ3v) is 10.9. The number of rotatable bonds is 6. The molecule has 34 heavy (non-hydrogen) atoms. The standard InChI is InChI=1S/C29H44O5/c1-15(17(3)27(33)34)7-8-16(2)19-9-10-20-25-23(31)13-21-18(4)22(30)11-12-28(21,5)26(25)24(32)14-29(19,20)6/h16-21,23-24,31-32H,1,7-14H2,2-6H3,(H,33,34)/t16-,17-,18+,19-,20?,21?,23+,24?,28+,29-/m1/s1. The Kier molecular flexibility index (Phi) is 6.70. The molecule has 5 nitrogen and oxygen atoms in total. The van der Waals surface area contributed by atoms with Crippen LogP contribution in [0.4, 0.5) is 0 Å². The van der Waals surface area contributed by atoms with E-state index < -0.39 is 24.1 Å². The number of aliphatic hydroxyl groups is 2. The van der Waals surface area contributed by atoms with Gasteiger partial charge in [-0.15, -0.1) is 0 Å². The van der Waals surface area contributed by atoms with E-state index in [2.05, 4.69) is 27.4 Å². The van der Waals surface area contributed by atoms with Gasteiger partial charge in [-0.1, -0.05) is 39.8 Å². The summed E-state index contributed by atoms with van der Waals surface area (Å²) in [4.78, 5) is 23.8. The molecule has 0 aromatic heterocycles. The Hall–Kier alpha value is -1.46. The van der Waals surface area contributed by atoms with E-state index in [-0.39, 0.29) is 28.6 Å². The molecule has 0 bridgehead atoms. The van der Waals surface area contributed by atoms with Gasteiger partial charge in [0.1, 0.15) is 5.78 Å². The highest BCUT2D eigenvalue weighted by molar-refractivity contribution is 5.82. The molecule has 0 heterocycles. The zero-order valence-corrected chi connectivity index (χ0v) is 21.6. The van der Waals surface area contributed by atoms with Crippen LogP contribution in [-0.4, -0.2) is 39.3 Å². The van der Waals surface area contributed by atoms with E-state index in [0.717, 1.165) is 42.4 Å². The third-order valence-electron chi connectivity index (χ3n) is 10.9. The van der Waals surface area contributed by atoms with Crippen molar-refractivity contribution in [2.24, 2.45) is 46.3 Å². The van der Waals surface area contributed by atoms with Crippen LogP contribution >= 0.6 is 0 Å². The number of Topliss-reactive ketones (excluding diaryl/α,β-unsaturated/α-hetero) is 1. The highest BCUT2D eigenvalue weighted by atomic mass is 16.4. The van der Waals surface area contributed by atoms with Gasteiger partial charge in [-0.25, -0.2) is 0 Å². The molecule has 190 valence electrons. The number of carbonyl (C=O) groups excluding carboxylic acids is 1. The van der Waals surface area contributed by atoms with Crippen LogP contribution in [0.25, 0.3) is 0 Å². The van der Waals surface area contributed by atoms with Crippen LogP contribution in [0.5, 0.6) is 0 Å². The summed E-state index contributed by atoms with van der Waals surface area (Å²) in [6.07, 6.45) is 5.20. The first-order valence-electron chi connectivity index (χ1n) is 13.4. The summed E-state index contributed by atoms with van der Waals surface area (Å²) < 4.78 is 0. The first-order chi connectivity index (χ1) is 15.8. The lowest BCUT2D eigenvalue weighted by Crippen LogP contribution is -2.55. The third kappa shape index (κ3) is 3.82. The number of carbonyl (C=O) groups is 2. The molecule has 0 aliphatic heterocycles. The molecule has 2 saturated carbocycles. The molecule has 3 unspecified atom stereocenters. The predicted molar refractivity (Wildman–Crippen MR) is 132 cm³/mol. The maximum Gasteiger partial charge on any atom is 0.310 e. The molecule has 3 N–H and O–H groups in total. The Morgan fingerprint density at radius 1 is 1.18 bits per heavy atom. The van der Waals surface area contributed by atoms with Crippen LogP contribution < -0.4 is 0 Å². The molecule has 0 aromatic rings. The molecular formula is C29H44O5. The number of fused-ring (bicyclic) bond motifs is 4. The van der Waals surface area contributed by atoms with Crippen LogP contribution in [0.15, 0.2) is 23.3 Å². The fraction of sp³-hybridized carbons (Fsp3) is 0.793. The summed E-state index contributed by atoms with van der Waals surface area (Å²) in [5, 5.41) is 32.3. The first-order valence-corrected chi connectivity index (χ1v) is 13.4. The van der Waals surface area contributed by atoms with Crippen LogP contribution in [0.3, 0.4) is 0 Å². The van der Waals surface area contributed by atoms with Gasteiger partial charge in [-0.3, -0.25) is 9.59 Å². The smallest absolute Gasteiger partial charge is 0.310 e. The highest BCUT2D eigenvalue weighted by Gasteiger charge is 2.61. The molecule has 2 fully saturated rings. The Bertz CT molecular complexity index is 904. The van der Waals surface area contributed by atoms with Crippen molar-refractivity contribution in [3.05, 3.63) is 23.3 Å². The van der Waals surface area contributed by atoms with E-state index in [1.807, 2.05) is 6.92 Å². The fourth-order valence-corrected chi connectivity index (χ4v) is 8.77. The molecule has 4 aliphatic rings. The van der Waals surface area contributed by atoms with Gasteiger partial charge >= 0.3 is 5.97 Å². The number of carboxylic acid groups (broad SMARTS) is 1. The highest BCUT2D eigenvalue weighted by Crippen LogP contribution is 2.66. The van der Waals surface area contributed by atoms with Crippen molar-refractivity contribution in [1.82, 2.24) is 0 Å². The van der Waals surface area contributed by atoms with E-state index in [9.17, 15) is 24.9 Å². The van der Waals surface area contributed by atoms with Crippen molar-refractivity contribution < 1.29 is 24.9 Å². The summed E-state index contributed by atoms with van der Waals surface area (Å²) >= 11 is 0. The second-order valence-corrected chi connectivity index (χ2v) is 12.6. The summed E-state index contributed by atoms with van der Waals surface area (Å²) in [7, 11) is 0. The molecular weight excluding hydrogens is 428 g/mol. The van der Waals surface area contributed by atoms with E-state index in [0.29, 0.717) is 43.3 Å². The number of hydrogen-bond donors (Lipinski definition) is 3. The zero-order valence-electron chi connectivity index (χ0n) is 21.6. The van der Waals surface area contributed by atoms with Crippen molar-refractivity contribution in [1.29, 1.82) is 0 Å². The van der Waals surface area contributed by atoms with Crippen molar-refractivity contribution in [2.45, 2.75) is 98.2 Å².